The molecule has 0 fully saturated rings. The van der Waals surface area contributed by atoms with E-state index < -0.39 is 7.82 Å². The topological polar surface area (TPSA) is 58.6 Å². The molecule has 0 radical (unpaired) electrons. The van der Waals surface area contributed by atoms with E-state index in [0.29, 0.717) is 12.8 Å². The Bertz CT molecular complexity index is 130. The van der Waals surface area contributed by atoms with Crippen LogP contribution in [0.5, 0.6) is 0 Å². The van der Waals surface area contributed by atoms with Gasteiger partial charge in [0.05, 0.1) is 13.2 Å². The predicted molar refractivity (Wildman–Crippen MR) is 40.1 cm³/mol. The molecule has 0 aromatic rings. The SMILES string of the molecule is CCCOP(=O)([O-])OCCC.[Cu+]. The molecule has 0 spiro atoms. The van der Waals surface area contributed by atoms with Gasteiger partial charge < -0.3 is 13.9 Å². The number of hydrogen-bond acceptors (Lipinski definition) is 4. The minimum Gasteiger partial charge on any atom is -0.756 e. The molecule has 0 saturated heterocycles. The molecule has 78 valence electrons. The summed E-state index contributed by atoms with van der Waals surface area (Å²) in [5.74, 6) is 0. The molecule has 0 aliphatic heterocycles. The second-order valence-corrected chi connectivity index (χ2v) is 3.52. The van der Waals surface area contributed by atoms with Crippen molar-refractivity contribution in [1.82, 2.24) is 0 Å². The van der Waals surface area contributed by atoms with E-state index in [1.165, 1.54) is 0 Å². The Morgan fingerprint density at radius 1 is 1.17 bits per heavy atom. The van der Waals surface area contributed by atoms with E-state index in [2.05, 4.69) is 9.05 Å². The average Bonchev–Trinajstić information content (AvgIpc) is 1.97. The summed E-state index contributed by atoms with van der Waals surface area (Å²) in [4.78, 5) is 10.7. The second kappa shape index (κ2) is 8.24. The molecule has 0 atom stereocenters. The summed E-state index contributed by atoms with van der Waals surface area (Å²) < 4.78 is 19.6. The van der Waals surface area contributed by atoms with Crippen molar-refractivity contribution in [3.8, 4) is 0 Å². The molecule has 0 heterocycles. The first-order valence-electron chi connectivity index (χ1n) is 3.72. The zero-order chi connectivity index (χ0) is 8.74. The third kappa shape index (κ3) is 8.72. The number of phosphoric ester groups is 1. The van der Waals surface area contributed by atoms with Crippen LogP contribution >= 0.6 is 7.82 Å². The molecule has 0 aromatic heterocycles. The van der Waals surface area contributed by atoms with Crippen molar-refractivity contribution in [3.05, 3.63) is 0 Å². The van der Waals surface area contributed by atoms with Gasteiger partial charge in [0.25, 0.3) is 7.82 Å². The van der Waals surface area contributed by atoms with Crippen molar-refractivity contribution in [3.63, 3.8) is 0 Å². The minimum atomic E-state index is -3.98. The number of phosphoric acid groups is 1. The minimum absolute atomic E-state index is 0. The standard InChI is InChI=1S/C6H15O4P.Cu/c1-3-5-9-11(7,8)10-6-4-2;/h3-6H2,1-2H3,(H,7,8);/q;+1/p-1. The van der Waals surface area contributed by atoms with Crippen LogP contribution in [0.2, 0.25) is 0 Å². The zero-order valence-corrected chi connectivity index (χ0v) is 9.05. The van der Waals surface area contributed by atoms with Crippen LogP contribution in [0.15, 0.2) is 0 Å². The van der Waals surface area contributed by atoms with Crippen LogP contribution in [0, 0.1) is 0 Å². The van der Waals surface area contributed by atoms with Crippen LogP contribution in [0.25, 0.3) is 0 Å². The van der Waals surface area contributed by atoms with Crippen LogP contribution < -0.4 is 4.89 Å². The fourth-order valence-corrected chi connectivity index (χ4v) is 1.33. The summed E-state index contributed by atoms with van der Waals surface area (Å²) in [6.45, 7) is 4.06. The van der Waals surface area contributed by atoms with Gasteiger partial charge in [-0.1, -0.05) is 13.8 Å². The summed E-state index contributed by atoms with van der Waals surface area (Å²) in [5.41, 5.74) is 0. The Morgan fingerprint density at radius 3 is 1.75 bits per heavy atom. The molecular weight excluding hydrogens is 231 g/mol. The van der Waals surface area contributed by atoms with Gasteiger partial charge in [-0.2, -0.15) is 0 Å². The Labute approximate surface area is 83.7 Å². The van der Waals surface area contributed by atoms with Crippen molar-refractivity contribution >= 4 is 7.82 Å². The Balaban J connectivity index is 0. The molecular formula is C6H14CuO4P. The van der Waals surface area contributed by atoms with Crippen molar-refractivity contribution in [2.45, 2.75) is 26.7 Å². The van der Waals surface area contributed by atoms with Gasteiger partial charge in [0, 0.05) is 0 Å². The van der Waals surface area contributed by atoms with Gasteiger partial charge in [0.2, 0.25) is 0 Å². The zero-order valence-electron chi connectivity index (χ0n) is 7.21. The molecule has 0 rings (SSSR count). The van der Waals surface area contributed by atoms with Gasteiger partial charge in [-0.25, -0.2) is 0 Å². The van der Waals surface area contributed by atoms with Gasteiger partial charge in [-0.3, -0.25) is 4.57 Å². The maximum Gasteiger partial charge on any atom is 1.00 e. The van der Waals surface area contributed by atoms with Crippen LogP contribution in [-0.4, -0.2) is 13.2 Å². The molecule has 6 heteroatoms. The van der Waals surface area contributed by atoms with Gasteiger partial charge in [0.1, 0.15) is 0 Å². The molecule has 0 N–H and O–H groups in total. The van der Waals surface area contributed by atoms with Crippen LogP contribution in [0.1, 0.15) is 26.7 Å². The van der Waals surface area contributed by atoms with Crippen molar-refractivity contribution in [2.24, 2.45) is 0 Å². The van der Waals surface area contributed by atoms with Crippen molar-refractivity contribution in [2.75, 3.05) is 13.2 Å². The Kier molecular flexibility index (Phi) is 10.4. The van der Waals surface area contributed by atoms with Crippen LogP contribution in [0.4, 0.5) is 0 Å². The molecule has 0 bridgehead atoms. The van der Waals surface area contributed by atoms with Crippen LogP contribution in [-0.2, 0) is 30.7 Å². The third-order valence-corrected chi connectivity index (χ3v) is 1.90. The van der Waals surface area contributed by atoms with E-state index in [4.69, 9.17) is 0 Å². The van der Waals surface area contributed by atoms with Gasteiger partial charge >= 0.3 is 17.1 Å². The monoisotopic (exact) mass is 244 g/mol. The Hall–Kier alpha value is 0.629. The third-order valence-electron chi connectivity index (χ3n) is 0.907. The normalized spacial score (nSPS) is 10.9. The molecule has 0 aromatic carbocycles. The molecule has 0 aliphatic carbocycles. The van der Waals surface area contributed by atoms with E-state index in [9.17, 15) is 9.46 Å². The van der Waals surface area contributed by atoms with E-state index in [1.807, 2.05) is 13.8 Å². The summed E-state index contributed by atoms with van der Waals surface area (Å²) in [6.07, 6.45) is 1.34. The first-order chi connectivity index (χ1) is 5.12. The molecule has 0 aliphatic rings. The first kappa shape index (κ1) is 15.1. The molecule has 0 saturated carbocycles. The molecule has 0 amide bonds. The van der Waals surface area contributed by atoms with Gasteiger partial charge in [-0.15, -0.1) is 0 Å². The maximum atomic E-state index is 10.7. The predicted octanol–water partition coefficient (Wildman–Crippen LogP) is 1.31. The smallest absolute Gasteiger partial charge is 0.756 e. The van der Waals surface area contributed by atoms with Crippen LogP contribution in [0.3, 0.4) is 0 Å². The first-order valence-corrected chi connectivity index (χ1v) is 5.18. The van der Waals surface area contributed by atoms with E-state index >= 15 is 0 Å². The number of hydrogen-bond donors (Lipinski definition) is 0. The summed E-state index contributed by atoms with van der Waals surface area (Å²) in [7, 11) is -3.98. The van der Waals surface area contributed by atoms with Crippen molar-refractivity contribution in [1.29, 1.82) is 0 Å². The van der Waals surface area contributed by atoms with Crippen molar-refractivity contribution < 1.29 is 35.6 Å². The molecule has 4 nitrogen and oxygen atoms in total. The van der Waals surface area contributed by atoms with Gasteiger partial charge in [-0.05, 0) is 12.8 Å². The molecule has 0 unspecified atom stereocenters. The number of rotatable bonds is 6. The fraction of sp³-hybridized carbons (Fsp3) is 1.00. The van der Waals surface area contributed by atoms with E-state index in [0.717, 1.165) is 0 Å². The summed E-state index contributed by atoms with van der Waals surface area (Å²) in [5, 5.41) is 0. The van der Waals surface area contributed by atoms with E-state index in [-0.39, 0.29) is 30.3 Å². The maximum absolute atomic E-state index is 10.7. The summed E-state index contributed by atoms with van der Waals surface area (Å²) in [6, 6.07) is 0. The summed E-state index contributed by atoms with van der Waals surface area (Å²) >= 11 is 0. The largest absolute Gasteiger partial charge is 1.00 e. The Morgan fingerprint density at radius 2 is 1.50 bits per heavy atom. The second-order valence-electron chi connectivity index (χ2n) is 2.11. The van der Waals surface area contributed by atoms with Gasteiger partial charge in [0.15, 0.2) is 0 Å². The molecule has 12 heavy (non-hydrogen) atoms. The fourth-order valence-electron chi connectivity index (χ4n) is 0.443. The quantitative estimate of drug-likeness (QED) is 0.522. The van der Waals surface area contributed by atoms with E-state index in [1.54, 1.807) is 0 Å². The average molecular weight is 245 g/mol.